The summed E-state index contributed by atoms with van der Waals surface area (Å²) in [6.07, 6.45) is 3.05. The SMILES string of the molecule is C=C(NCC(=O)O)C1=C(C)c2ccc(Oc3ccccc3)cc2C(CNOC)=CC1CC. The summed E-state index contributed by atoms with van der Waals surface area (Å²) in [6, 6.07) is 15.7. The number of allylic oxidation sites excluding steroid dienone is 3. The highest BCUT2D eigenvalue weighted by Gasteiger charge is 2.24. The molecule has 2 aromatic rings. The van der Waals surface area contributed by atoms with Crippen molar-refractivity contribution in [1.29, 1.82) is 0 Å². The first kappa shape index (κ1) is 23.3. The molecule has 0 aromatic heterocycles. The Kier molecular flexibility index (Phi) is 7.87. The molecule has 32 heavy (non-hydrogen) atoms. The zero-order chi connectivity index (χ0) is 23.1. The molecule has 0 saturated heterocycles. The Morgan fingerprint density at radius 1 is 1.12 bits per heavy atom. The molecule has 1 unspecified atom stereocenters. The average Bonchev–Trinajstić information content (AvgIpc) is 2.90. The van der Waals surface area contributed by atoms with Crippen molar-refractivity contribution in [3.05, 3.63) is 83.6 Å². The zero-order valence-corrected chi connectivity index (χ0v) is 18.8. The highest BCUT2D eigenvalue weighted by atomic mass is 16.6. The van der Waals surface area contributed by atoms with Crippen molar-refractivity contribution in [3.8, 4) is 11.5 Å². The average molecular weight is 435 g/mol. The van der Waals surface area contributed by atoms with Gasteiger partial charge < -0.3 is 20.0 Å². The Balaban J connectivity index is 2.08. The molecule has 1 atom stereocenters. The third-order valence-electron chi connectivity index (χ3n) is 5.52. The van der Waals surface area contributed by atoms with Gasteiger partial charge >= 0.3 is 5.97 Å². The smallest absolute Gasteiger partial charge is 0.322 e. The van der Waals surface area contributed by atoms with Crippen LogP contribution in [0.3, 0.4) is 0 Å². The second-order valence-electron chi connectivity index (χ2n) is 7.62. The van der Waals surface area contributed by atoms with E-state index in [0.717, 1.165) is 45.8 Å². The van der Waals surface area contributed by atoms with Gasteiger partial charge in [0.1, 0.15) is 18.0 Å². The van der Waals surface area contributed by atoms with Crippen LogP contribution in [0.5, 0.6) is 11.5 Å². The largest absolute Gasteiger partial charge is 0.480 e. The van der Waals surface area contributed by atoms with Crippen molar-refractivity contribution in [2.75, 3.05) is 20.2 Å². The van der Waals surface area contributed by atoms with E-state index in [1.54, 1.807) is 7.11 Å². The lowest BCUT2D eigenvalue weighted by atomic mass is 9.89. The number of hydrogen-bond acceptors (Lipinski definition) is 5. The summed E-state index contributed by atoms with van der Waals surface area (Å²) in [7, 11) is 1.59. The van der Waals surface area contributed by atoms with E-state index in [1.165, 1.54) is 0 Å². The van der Waals surface area contributed by atoms with Gasteiger partial charge in [0.05, 0.1) is 7.11 Å². The van der Waals surface area contributed by atoms with Gasteiger partial charge in [0, 0.05) is 18.2 Å². The Morgan fingerprint density at radius 2 is 1.88 bits per heavy atom. The van der Waals surface area contributed by atoms with E-state index in [9.17, 15) is 4.79 Å². The van der Waals surface area contributed by atoms with Crippen LogP contribution in [0.4, 0.5) is 0 Å². The van der Waals surface area contributed by atoms with E-state index in [1.807, 2.05) is 48.5 Å². The Labute approximate surface area is 189 Å². The molecule has 6 nitrogen and oxygen atoms in total. The number of hydroxylamine groups is 1. The third kappa shape index (κ3) is 5.46. The number of carboxylic acids is 1. The normalized spacial score (nSPS) is 15.5. The van der Waals surface area contributed by atoms with Crippen molar-refractivity contribution < 1.29 is 19.5 Å². The first-order valence-electron chi connectivity index (χ1n) is 10.6. The van der Waals surface area contributed by atoms with Crippen LogP contribution in [0, 0.1) is 5.92 Å². The minimum atomic E-state index is -0.922. The zero-order valence-electron chi connectivity index (χ0n) is 18.8. The molecular formula is C26H30N2O4. The molecule has 1 aliphatic rings. The topological polar surface area (TPSA) is 79.8 Å². The monoisotopic (exact) mass is 434 g/mol. The molecule has 2 aromatic carbocycles. The number of rotatable bonds is 10. The quantitative estimate of drug-likeness (QED) is 0.456. The number of carboxylic acid groups (broad SMARTS) is 1. The number of nitrogens with one attached hydrogen (secondary N) is 2. The molecule has 0 heterocycles. The van der Waals surface area contributed by atoms with Crippen molar-refractivity contribution >= 4 is 17.1 Å². The molecule has 3 rings (SSSR count). The van der Waals surface area contributed by atoms with Gasteiger partial charge in [0.2, 0.25) is 0 Å². The lowest BCUT2D eigenvalue weighted by Crippen LogP contribution is -2.24. The first-order chi connectivity index (χ1) is 15.4. The predicted octanol–water partition coefficient (Wildman–Crippen LogP) is 5.01. The summed E-state index contributed by atoms with van der Waals surface area (Å²) in [5.74, 6) is 0.663. The number of ether oxygens (including phenoxy) is 1. The number of carbonyl (C=O) groups is 1. The van der Waals surface area contributed by atoms with E-state index >= 15 is 0 Å². The van der Waals surface area contributed by atoms with Crippen LogP contribution in [-0.2, 0) is 9.63 Å². The van der Waals surface area contributed by atoms with E-state index in [2.05, 4.69) is 37.3 Å². The van der Waals surface area contributed by atoms with E-state index < -0.39 is 5.97 Å². The molecule has 3 N–H and O–H groups in total. The Bertz CT molecular complexity index is 1040. The lowest BCUT2D eigenvalue weighted by Gasteiger charge is -2.21. The fraction of sp³-hybridized carbons (Fsp3) is 0.269. The molecule has 6 heteroatoms. The van der Waals surface area contributed by atoms with Gasteiger partial charge in [-0.1, -0.05) is 43.8 Å². The fourth-order valence-corrected chi connectivity index (χ4v) is 4.00. The summed E-state index contributed by atoms with van der Waals surface area (Å²) in [6.45, 7) is 8.66. The van der Waals surface area contributed by atoms with Crippen molar-refractivity contribution in [2.24, 2.45) is 5.92 Å². The Morgan fingerprint density at radius 3 is 2.53 bits per heavy atom. The number of para-hydroxylation sites is 1. The summed E-state index contributed by atoms with van der Waals surface area (Å²) in [4.78, 5) is 16.2. The van der Waals surface area contributed by atoms with Crippen LogP contribution >= 0.6 is 0 Å². The number of hydrogen-bond donors (Lipinski definition) is 3. The summed E-state index contributed by atoms with van der Waals surface area (Å²) < 4.78 is 6.08. The lowest BCUT2D eigenvalue weighted by molar-refractivity contribution is -0.135. The second-order valence-corrected chi connectivity index (χ2v) is 7.62. The highest BCUT2D eigenvalue weighted by molar-refractivity contribution is 5.86. The van der Waals surface area contributed by atoms with Crippen LogP contribution < -0.4 is 15.5 Å². The van der Waals surface area contributed by atoms with Crippen LogP contribution in [-0.4, -0.2) is 31.3 Å². The number of benzene rings is 2. The second kappa shape index (κ2) is 10.8. The van der Waals surface area contributed by atoms with Gasteiger partial charge in [-0.05, 0) is 65.5 Å². The third-order valence-corrected chi connectivity index (χ3v) is 5.52. The van der Waals surface area contributed by atoms with Gasteiger partial charge in [-0.2, -0.15) is 5.48 Å². The maximum absolute atomic E-state index is 11.1. The molecule has 0 saturated carbocycles. The molecule has 0 aliphatic heterocycles. The van der Waals surface area contributed by atoms with Crippen LogP contribution in [0.25, 0.3) is 11.1 Å². The van der Waals surface area contributed by atoms with Gasteiger partial charge in [0.15, 0.2) is 0 Å². The van der Waals surface area contributed by atoms with Gasteiger partial charge in [-0.3, -0.25) is 4.79 Å². The highest BCUT2D eigenvalue weighted by Crippen LogP contribution is 2.40. The molecule has 0 spiro atoms. The molecular weight excluding hydrogens is 404 g/mol. The fourth-order valence-electron chi connectivity index (χ4n) is 4.00. The molecule has 1 aliphatic carbocycles. The maximum Gasteiger partial charge on any atom is 0.322 e. The van der Waals surface area contributed by atoms with Crippen LogP contribution in [0.15, 0.2) is 72.5 Å². The van der Waals surface area contributed by atoms with Gasteiger partial charge in [0.25, 0.3) is 0 Å². The number of fused-ring (bicyclic) bond motifs is 1. The molecule has 0 bridgehead atoms. The standard InChI is InChI=1S/C26H30N2O4/c1-5-19-13-20(15-28-31-4)24-14-22(32-21-9-7-6-8-10-21)11-12-23(24)17(2)26(19)18(3)27-16-25(29)30/h6-14,19,27-28H,3,5,15-16H2,1-2,4H3,(H,29,30). The van der Waals surface area contributed by atoms with E-state index in [-0.39, 0.29) is 12.5 Å². The van der Waals surface area contributed by atoms with Crippen molar-refractivity contribution in [1.82, 2.24) is 10.8 Å². The predicted molar refractivity (Wildman–Crippen MR) is 127 cm³/mol. The number of aliphatic carboxylic acids is 1. The summed E-state index contributed by atoms with van der Waals surface area (Å²) in [5.41, 5.74) is 8.83. The molecule has 0 amide bonds. The first-order valence-corrected chi connectivity index (χ1v) is 10.6. The van der Waals surface area contributed by atoms with Crippen molar-refractivity contribution in [3.63, 3.8) is 0 Å². The van der Waals surface area contributed by atoms with Gasteiger partial charge in [-0.25, -0.2) is 0 Å². The van der Waals surface area contributed by atoms with Crippen LogP contribution in [0.1, 0.15) is 31.4 Å². The minimum Gasteiger partial charge on any atom is -0.480 e. The van der Waals surface area contributed by atoms with E-state index in [0.29, 0.717) is 12.2 Å². The van der Waals surface area contributed by atoms with Gasteiger partial charge in [-0.15, -0.1) is 0 Å². The molecule has 0 fully saturated rings. The molecule has 0 radical (unpaired) electrons. The van der Waals surface area contributed by atoms with Crippen molar-refractivity contribution in [2.45, 2.75) is 20.3 Å². The van der Waals surface area contributed by atoms with Crippen LogP contribution in [0.2, 0.25) is 0 Å². The maximum atomic E-state index is 11.1. The summed E-state index contributed by atoms with van der Waals surface area (Å²) in [5, 5.41) is 12.0. The minimum absolute atomic E-state index is 0.0725. The molecule has 168 valence electrons. The van der Waals surface area contributed by atoms with E-state index in [4.69, 9.17) is 14.7 Å². The Hall–Kier alpha value is -3.35. The summed E-state index contributed by atoms with van der Waals surface area (Å²) >= 11 is 0.